The van der Waals surface area contributed by atoms with Gasteiger partial charge in [-0.2, -0.15) is 0 Å². The number of hydrogen-bond acceptors (Lipinski definition) is 6. The highest BCUT2D eigenvalue weighted by molar-refractivity contribution is 5.86. The number of carbonyl (C=O) groups is 1. The minimum Gasteiger partial charge on any atom is -0.382 e. The molecule has 3 aromatic rings. The van der Waals surface area contributed by atoms with Crippen molar-refractivity contribution < 1.29 is 4.79 Å². The molecule has 3 heterocycles. The number of hydrogen-bond donors (Lipinski definition) is 2. The Balaban J connectivity index is 0.00000140. The molecule has 1 fully saturated rings. The summed E-state index contributed by atoms with van der Waals surface area (Å²) in [7, 11) is 0. The summed E-state index contributed by atoms with van der Waals surface area (Å²) < 4.78 is 1.71. The van der Waals surface area contributed by atoms with Crippen molar-refractivity contribution in [2.75, 3.05) is 25.4 Å². The zero-order valence-electron chi connectivity index (χ0n) is 15.1. The molecule has 0 spiro atoms. The Morgan fingerprint density at radius 1 is 1.11 bits per heavy atom. The van der Waals surface area contributed by atoms with Crippen LogP contribution in [0.2, 0.25) is 0 Å². The van der Waals surface area contributed by atoms with Crippen LogP contribution in [0.4, 0.5) is 5.82 Å². The number of halogens is 2. The van der Waals surface area contributed by atoms with Crippen LogP contribution in [-0.4, -0.2) is 50.0 Å². The summed E-state index contributed by atoms with van der Waals surface area (Å²) in [5.74, 6) is 0.870. The highest BCUT2D eigenvalue weighted by Gasteiger charge is 2.35. The molecule has 28 heavy (non-hydrogen) atoms. The topological polar surface area (TPSA) is 116 Å². The van der Waals surface area contributed by atoms with Crippen LogP contribution >= 0.6 is 24.8 Å². The van der Waals surface area contributed by atoms with E-state index in [1.54, 1.807) is 10.9 Å². The third-order valence-electron chi connectivity index (χ3n) is 5.06. The average molecular weight is 424 g/mol. The summed E-state index contributed by atoms with van der Waals surface area (Å²) in [6.45, 7) is 2.07. The number of carbonyl (C=O) groups excluding carboxylic acids is 1. The first-order valence-corrected chi connectivity index (χ1v) is 8.61. The fourth-order valence-electron chi connectivity index (χ4n) is 3.65. The minimum absolute atomic E-state index is 0. The lowest BCUT2D eigenvalue weighted by Gasteiger charge is -2.17. The zero-order valence-corrected chi connectivity index (χ0v) is 16.8. The van der Waals surface area contributed by atoms with E-state index in [-0.39, 0.29) is 49.1 Å². The Bertz CT molecular complexity index is 934. The molecule has 1 aliphatic rings. The van der Waals surface area contributed by atoms with Crippen LogP contribution in [0.25, 0.3) is 11.2 Å². The second-order valence-electron chi connectivity index (χ2n) is 6.62. The van der Waals surface area contributed by atoms with Crippen molar-refractivity contribution in [2.45, 2.75) is 12.5 Å². The third kappa shape index (κ3) is 4.04. The average Bonchev–Trinajstić information content (AvgIpc) is 3.28. The van der Waals surface area contributed by atoms with Crippen molar-refractivity contribution in [2.24, 2.45) is 11.7 Å². The molecule has 0 radical (unpaired) electrons. The van der Waals surface area contributed by atoms with Gasteiger partial charge in [0, 0.05) is 19.0 Å². The molecule has 1 amide bonds. The zero-order chi connectivity index (χ0) is 18.1. The largest absolute Gasteiger partial charge is 0.382 e. The SMILES string of the molecule is Cl.Cl.NC[C@@H]1CN(C(=O)Cn2cnc3c(N)ncnc32)C[C@H]1c1ccccc1. The standard InChI is InChI=1S/C18H21N7O.2ClH/c19-6-13-7-24(8-14(13)12-4-2-1-3-5-12)15(26)9-25-11-23-16-17(20)21-10-22-18(16)25;;/h1-5,10-11,13-14H,6-9,19H2,(H2,20,21,22);2*1H/t13-,14+;;/m1../s1. The Kier molecular flexibility index (Phi) is 7.17. The fraction of sp³-hybridized carbons (Fsp3) is 0.333. The molecular formula is C18H23Cl2N7O. The van der Waals surface area contributed by atoms with Crippen molar-refractivity contribution in [3.05, 3.63) is 48.5 Å². The first-order valence-electron chi connectivity index (χ1n) is 8.61. The number of imidazole rings is 1. The number of nitrogens with zero attached hydrogens (tertiary/aromatic N) is 5. The number of anilines is 1. The Hall–Kier alpha value is -2.42. The smallest absolute Gasteiger partial charge is 0.242 e. The van der Waals surface area contributed by atoms with E-state index in [2.05, 4.69) is 27.1 Å². The molecule has 4 N–H and O–H groups in total. The van der Waals surface area contributed by atoms with Gasteiger partial charge in [0.25, 0.3) is 0 Å². The van der Waals surface area contributed by atoms with Gasteiger partial charge in [-0.3, -0.25) is 4.79 Å². The van der Waals surface area contributed by atoms with Crippen LogP contribution in [0, 0.1) is 5.92 Å². The Morgan fingerprint density at radius 3 is 2.57 bits per heavy atom. The number of likely N-dealkylation sites (tertiary alicyclic amines) is 1. The van der Waals surface area contributed by atoms with E-state index in [1.165, 1.54) is 11.9 Å². The summed E-state index contributed by atoms with van der Waals surface area (Å²) in [6.07, 6.45) is 2.96. The molecule has 10 heteroatoms. The van der Waals surface area contributed by atoms with Gasteiger partial charge in [-0.15, -0.1) is 24.8 Å². The van der Waals surface area contributed by atoms with Crippen molar-refractivity contribution in [3.8, 4) is 0 Å². The molecule has 4 rings (SSSR count). The van der Waals surface area contributed by atoms with Gasteiger partial charge in [-0.1, -0.05) is 30.3 Å². The van der Waals surface area contributed by atoms with Crippen LogP contribution in [0.15, 0.2) is 43.0 Å². The molecule has 1 aromatic carbocycles. The molecule has 0 bridgehead atoms. The van der Waals surface area contributed by atoms with E-state index in [4.69, 9.17) is 11.5 Å². The van der Waals surface area contributed by atoms with Gasteiger partial charge >= 0.3 is 0 Å². The van der Waals surface area contributed by atoms with E-state index in [0.717, 1.165) is 0 Å². The van der Waals surface area contributed by atoms with Crippen molar-refractivity contribution in [3.63, 3.8) is 0 Å². The first-order chi connectivity index (χ1) is 12.7. The molecule has 150 valence electrons. The van der Waals surface area contributed by atoms with Crippen LogP contribution in [0.3, 0.4) is 0 Å². The van der Waals surface area contributed by atoms with Crippen molar-refractivity contribution in [1.29, 1.82) is 0 Å². The molecule has 0 unspecified atom stereocenters. The quantitative estimate of drug-likeness (QED) is 0.655. The van der Waals surface area contributed by atoms with E-state index in [9.17, 15) is 4.79 Å². The van der Waals surface area contributed by atoms with Crippen molar-refractivity contribution in [1.82, 2.24) is 24.4 Å². The molecule has 1 saturated heterocycles. The van der Waals surface area contributed by atoms with Crippen LogP contribution in [0.5, 0.6) is 0 Å². The molecule has 1 aliphatic heterocycles. The predicted molar refractivity (Wildman–Crippen MR) is 113 cm³/mol. The van der Waals surface area contributed by atoms with Gasteiger partial charge in [-0.25, -0.2) is 15.0 Å². The summed E-state index contributed by atoms with van der Waals surface area (Å²) >= 11 is 0. The number of rotatable bonds is 4. The molecule has 0 aliphatic carbocycles. The number of nitrogen functional groups attached to an aromatic ring is 1. The highest BCUT2D eigenvalue weighted by atomic mass is 35.5. The third-order valence-corrected chi connectivity index (χ3v) is 5.06. The molecule has 8 nitrogen and oxygen atoms in total. The number of amides is 1. The maximum Gasteiger partial charge on any atom is 0.242 e. The lowest BCUT2D eigenvalue weighted by Crippen LogP contribution is -2.32. The molecule has 2 aromatic heterocycles. The minimum atomic E-state index is 0. The van der Waals surface area contributed by atoms with E-state index in [0.29, 0.717) is 36.6 Å². The molecule has 2 atom stereocenters. The van der Waals surface area contributed by atoms with Crippen molar-refractivity contribution >= 4 is 47.7 Å². The number of nitrogens with two attached hydrogens (primary N) is 2. The van der Waals surface area contributed by atoms with Gasteiger partial charge in [0.1, 0.15) is 18.4 Å². The first kappa shape index (κ1) is 21.9. The van der Waals surface area contributed by atoms with Crippen LogP contribution < -0.4 is 11.5 Å². The second-order valence-corrected chi connectivity index (χ2v) is 6.62. The summed E-state index contributed by atoms with van der Waals surface area (Å²) in [6, 6.07) is 10.2. The van der Waals surface area contributed by atoms with Gasteiger partial charge < -0.3 is 20.9 Å². The maximum absolute atomic E-state index is 12.8. The van der Waals surface area contributed by atoms with Gasteiger partial charge in [0.05, 0.1) is 6.33 Å². The maximum atomic E-state index is 12.8. The second kappa shape index (κ2) is 9.18. The Morgan fingerprint density at radius 2 is 1.86 bits per heavy atom. The molecular weight excluding hydrogens is 401 g/mol. The van der Waals surface area contributed by atoms with Crippen LogP contribution in [-0.2, 0) is 11.3 Å². The normalized spacial score (nSPS) is 18.5. The number of fused-ring (bicyclic) bond motifs is 1. The monoisotopic (exact) mass is 423 g/mol. The van der Waals surface area contributed by atoms with E-state index >= 15 is 0 Å². The fourth-order valence-corrected chi connectivity index (χ4v) is 3.65. The molecule has 0 saturated carbocycles. The lowest BCUT2D eigenvalue weighted by atomic mass is 9.89. The van der Waals surface area contributed by atoms with Gasteiger partial charge in [-0.05, 0) is 18.0 Å². The van der Waals surface area contributed by atoms with Gasteiger partial charge in [0.2, 0.25) is 5.91 Å². The summed E-state index contributed by atoms with van der Waals surface area (Å²) in [5, 5.41) is 0. The highest BCUT2D eigenvalue weighted by Crippen LogP contribution is 2.32. The van der Waals surface area contributed by atoms with E-state index in [1.807, 2.05) is 23.1 Å². The van der Waals surface area contributed by atoms with Crippen LogP contribution in [0.1, 0.15) is 11.5 Å². The van der Waals surface area contributed by atoms with Gasteiger partial charge in [0.15, 0.2) is 11.5 Å². The Labute approximate surface area is 175 Å². The number of aromatic nitrogens is 4. The summed E-state index contributed by atoms with van der Waals surface area (Å²) in [5.41, 5.74) is 14.1. The predicted octanol–water partition coefficient (Wildman–Crippen LogP) is 1.45. The summed E-state index contributed by atoms with van der Waals surface area (Å²) in [4.78, 5) is 27.1. The van der Waals surface area contributed by atoms with E-state index < -0.39 is 0 Å². The number of benzene rings is 1. The lowest BCUT2D eigenvalue weighted by molar-refractivity contribution is -0.130.